The Balaban J connectivity index is 1.67. The monoisotopic (exact) mass is 336 g/mol. The topological polar surface area (TPSA) is 72.5 Å². The summed E-state index contributed by atoms with van der Waals surface area (Å²) in [6.45, 7) is 9.86. The molecule has 2 N–H and O–H groups in total. The normalized spacial score (nSPS) is 17.2. The van der Waals surface area contributed by atoms with Gasteiger partial charge in [0.25, 0.3) is 5.56 Å². The number of aliphatic hydroxyl groups is 1. The van der Waals surface area contributed by atoms with E-state index >= 15 is 0 Å². The van der Waals surface area contributed by atoms with Gasteiger partial charge in [0, 0.05) is 44.2 Å². The molecule has 0 bridgehead atoms. The highest BCUT2D eigenvalue weighted by molar-refractivity contribution is 7.18. The Morgan fingerprint density at radius 2 is 1.91 bits per heavy atom. The fourth-order valence-corrected chi connectivity index (χ4v) is 4.10. The van der Waals surface area contributed by atoms with Gasteiger partial charge < -0.3 is 15.0 Å². The molecule has 1 saturated heterocycles. The Kier molecular flexibility index (Phi) is 5.11. The van der Waals surface area contributed by atoms with Crippen molar-refractivity contribution in [2.45, 2.75) is 26.8 Å². The Morgan fingerprint density at radius 1 is 1.22 bits per heavy atom. The first-order valence-electron chi connectivity index (χ1n) is 8.13. The third-order valence-electron chi connectivity index (χ3n) is 4.56. The van der Waals surface area contributed by atoms with Crippen molar-refractivity contribution in [3.8, 4) is 0 Å². The van der Waals surface area contributed by atoms with Crippen molar-refractivity contribution in [3.63, 3.8) is 0 Å². The van der Waals surface area contributed by atoms with E-state index in [-0.39, 0.29) is 12.2 Å². The molecule has 23 heavy (non-hydrogen) atoms. The average Bonchev–Trinajstić information content (AvgIpc) is 2.81. The maximum absolute atomic E-state index is 12.3. The Hall–Kier alpha value is -1.28. The number of nitrogens with one attached hydrogen (secondary N) is 1. The smallest absolute Gasteiger partial charge is 0.259 e. The molecule has 7 heteroatoms. The predicted octanol–water partition coefficient (Wildman–Crippen LogP) is 1.10. The van der Waals surface area contributed by atoms with Crippen LogP contribution in [-0.2, 0) is 6.54 Å². The summed E-state index contributed by atoms with van der Waals surface area (Å²) in [4.78, 5) is 26.6. The van der Waals surface area contributed by atoms with Crippen LogP contribution in [0.3, 0.4) is 0 Å². The second-order valence-corrected chi connectivity index (χ2v) is 7.37. The lowest BCUT2D eigenvalue weighted by atomic mass is 10.2. The molecule has 3 heterocycles. The molecule has 0 amide bonds. The van der Waals surface area contributed by atoms with Gasteiger partial charge in [-0.25, -0.2) is 4.98 Å². The number of aromatic amines is 1. The number of nitrogens with zero attached hydrogens (tertiary/aromatic N) is 3. The highest BCUT2D eigenvalue weighted by Gasteiger charge is 2.18. The fraction of sp³-hybridized carbons (Fsp3) is 0.625. The van der Waals surface area contributed by atoms with Crippen LogP contribution in [0, 0.1) is 13.8 Å². The number of thiophene rings is 1. The molecule has 1 fully saturated rings. The van der Waals surface area contributed by atoms with E-state index in [2.05, 4.69) is 19.8 Å². The quantitative estimate of drug-likeness (QED) is 0.855. The van der Waals surface area contributed by atoms with E-state index in [0.29, 0.717) is 6.54 Å². The van der Waals surface area contributed by atoms with Crippen LogP contribution in [-0.4, -0.2) is 64.2 Å². The maximum Gasteiger partial charge on any atom is 0.259 e. The second-order valence-electron chi connectivity index (χ2n) is 6.17. The lowest BCUT2D eigenvalue weighted by Gasteiger charge is -2.34. The molecule has 6 nitrogen and oxygen atoms in total. The fourth-order valence-electron chi connectivity index (χ4n) is 3.05. The highest BCUT2D eigenvalue weighted by Crippen LogP contribution is 2.25. The number of piperazine rings is 1. The van der Waals surface area contributed by atoms with Crippen LogP contribution in [0.4, 0.5) is 0 Å². The molecule has 0 atom stereocenters. The summed E-state index contributed by atoms with van der Waals surface area (Å²) in [6.07, 6.45) is 0.836. The van der Waals surface area contributed by atoms with Crippen LogP contribution < -0.4 is 5.56 Å². The average molecular weight is 336 g/mol. The second kappa shape index (κ2) is 7.09. The van der Waals surface area contributed by atoms with Gasteiger partial charge in [0.15, 0.2) is 0 Å². The van der Waals surface area contributed by atoms with Gasteiger partial charge in [-0.15, -0.1) is 11.3 Å². The van der Waals surface area contributed by atoms with Crippen LogP contribution >= 0.6 is 11.3 Å². The van der Waals surface area contributed by atoms with E-state index in [4.69, 9.17) is 5.11 Å². The molecule has 2 aromatic rings. The van der Waals surface area contributed by atoms with Crippen molar-refractivity contribution in [1.29, 1.82) is 0 Å². The van der Waals surface area contributed by atoms with Gasteiger partial charge in [-0.2, -0.15) is 0 Å². The minimum absolute atomic E-state index is 0.0200. The van der Waals surface area contributed by atoms with E-state index in [1.54, 1.807) is 11.3 Å². The van der Waals surface area contributed by atoms with Gasteiger partial charge in [-0.05, 0) is 25.8 Å². The number of aromatic nitrogens is 2. The molecule has 0 aromatic carbocycles. The molecule has 0 aliphatic carbocycles. The lowest BCUT2D eigenvalue weighted by molar-refractivity contribution is 0.118. The number of hydrogen-bond acceptors (Lipinski definition) is 6. The SMILES string of the molecule is Cc1sc2nc(CN3CCN(CCCO)CC3)[nH]c(=O)c2c1C. The summed E-state index contributed by atoms with van der Waals surface area (Å²) >= 11 is 1.60. The van der Waals surface area contributed by atoms with Gasteiger partial charge in [-0.3, -0.25) is 9.69 Å². The minimum Gasteiger partial charge on any atom is -0.396 e. The van der Waals surface area contributed by atoms with Crippen LogP contribution in [0.2, 0.25) is 0 Å². The molecule has 0 saturated carbocycles. The molecule has 2 aromatic heterocycles. The number of aliphatic hydroxyl groups excluding tert-OH is 1. The number of aryl methyl sites for hydroxylation is 2. The number of rotatable bonds is 5. The van der Waals surface area contributed by atoms with Crippen molar-refractivity contribution < 1.29 is 5.11 Å². The summed E-state index contributed by atoms with van der Waals surface area (Å²) in [5.74, 6) is 0.757. The van der Waals surface area contributed by atoms with Crippen LogP contribution in [0.25, 0.3) is 10.2 Å². The van der Waals surface area contributed by atoms with Crippen LogP contribution in [0.5, 0.6) is 0 Å². The first-order chi connectivity index (χ1) is 11.1. The largest absolute Gasteiger partial charge is 0.396 e. The first-order valence-corrected chi connectivity index (χ1v) is 8.94. The third-order valence-corrected chi connectivity index (χ3v) is 5.66. The van der Waals surface area contributed by atoms with Crippen molar-refractivity contribution in [2.24, 2.45) is 0 Å². The number of H-pyrrole nitrogens is 1. The Morgan fingerprint density at radius 3 is 2.61 bits per heavy atom. The summed E-state index contributed by atoms with van der Waals surface area (Å²) in [7, 11) is 0. The summed E-state index contributed by atoms with van der Waals surface area (Å²) < 4.78 is 0. The molecular weight excluding hydrogens is 312 g/mol. The van der Waals surface area contributed by atoms with Crippen molar-refractivity contribution >= 4 is 21.6 Å². The van der Waals surface area contributed by atoms with E-state index in [1.807, 2.05) is 13.8 Å². The summed E-state index contributed by atoms with van der Waals surface area (Å²) in [6, 6.07) is 0. The van der Waals surface area contributed by atoms with Crippen LogP contribution in [0.15, 0.2) is 4.79 Å². The molecule has 1 aliphatic rings. The molecule has 126 valence electrons. The molecule has 0 radical (unpaired) electrons. The van der Waals surface area contributed by atoms with Gasteiger partial charge >= 0.3 is 0 Å². The third kappa shape index (κ3) is 3.63. The Bertz CT molecular complexity index is 731. The van der Waals surface area contributed by atoms with Gasteiger partial charge in [0.05, 0.1) is 11.9 Å². The first kappa shape index (κ1) is 16.6. The highest BCUT2D eigenvalue weighted by atomic mass is 32.1. The minimum atomic E-state index is -0.0200. The predicted molar refractivity (Wildman–Crippen MR) is 93.1 cm³/mol. The summed E-state index contributed by atoms with van der Waals surface area (Å²) in [5, 5.41) is 9.64. The van der Waals surface area contributed by atoms with E-state index < -0.39 is 0 Å². The zero-order chi connectivity index (χ0) is 16.4. The van der Waals surface area contributed by atoms with Gasteiger partial charge in [0.1, 0.15) is 10.7 Å². The molecule has 0 spiro atoms. The summed E-state index contributed by atoms with van der Waals surface area (Å²) in [5.41, 5.74) is 1.02. The van der Waals surface area contributed by atoms with Crippen molar-refractivity contribution in [1.82, 2.24) is 19.8 Å². The lowest BCUT2D eigenvalue weighted by Crippen LogP contribution is -2.46. The molecule has 0 unspecified atom stereocenters. The van der Waals surface area contributed by atoms with Gasteiger partial charge in [-0.1, -0.05) is 0 Å². The zero-order valence-electron chi connectivity index (χ0n) is 13.8. The van der Waals surface area contributed by atoms with Crippen molar-refractivity contribution in [3.05, 3.63) is 26.6 Å². The molecular formula is C16H24N4O2S. The van der Waals surface area contributed by atoms with E-state index in [9.17, 15) is 4.79 Å². The van der Waals surface area contributed by atoms with Crippen molar-refractivity contribution in [2.75, 3.05) is 39.3 Å². The maximum atomic E-state index is 12.3. The number of fused-ring (bicyclic) bond motifs is 1. The van der Waals surface area contributed by atoms with Crippen LogP contribution in [0.1, 0.15) is 22.7 Å². The molecule has 1 aliphatic heterocycles. The van der Waals surface area contributed by atoms with E-state index in [1.165, 1.54) is 0 Å². The van der Waals surface area contributed by atoms with Gasteiger partial charge in [0.2, 0.25) is 0 Å². The molecule has 3 rings (SSSR count). The number of hydrogen-bond donors (Lipinski definition) is 2. The zero-order valence-corrected chi connectivity index (χ0v) is 14.6. The standard InChI is InChI=1S/C16H24N4O2S/c1-11-12(2)23-16-14(11)15(22)17-13(18-16)10-20-7-5-19(6-8-20)4-3-9-21/h21H,3-10H2,1-2H3,(H,17,18,22). The van der Waals surface area contributed by atoms with E-state index in [0.717, 1.165) is 65.6 Å². The Labute approximate surface area is 139 Å².